The van der Waals surface area contributed by atoms with Crippen LogP contribution in [-0.4, -0.2) is 7.11 Å². The van der Waals surface area contributed by atoms with E-state index in [0.717, 1.165) is 16.3 Å². The molecule has 3 heteroatoms. The minimum absolute atomic E-state index is 0.720. The van der Waals surface area contributed by atoms with Gasteiger partial charge >= 0.3 is 0 Å². The molecule has 0 spiro atoms. The molecule has 0 aliphatic carbocycles. The van der Waals surface area contributed by atoms with Crippen molar-refractivity contribution < 1.29 is 4.74 Å². The molecule has 2 aromatic carbocycles. The van der Waals surface area contributed by atoms with E-state index in [4.69, 9.17) is 10.5 Å². The molecule has 0 fully saturated rings. The van der Waals surface area contributed by atoms with E-state index in [1.807, 2.05) is 36.4 Å². The maximum absolute atomic E-state index is 5.80. The van der Waals surface area contributed by atoms with Crippen LogP contribution in [0, 0.1) is 0 Å². The SMILES string of the molecule is COc1cc(N)cc(Sc2ccccc2)c1. The first-order chi connectivity index (χ1) is 7.78. The van der Waals surface area contributed by atoms with Crippen LogP contribution in [0.1, 0.15) is 0 Å². The highest BCUT2D eigenvalue weighted by Crippen LogP contribution is 2.31. The number of nitrogens with two attached hydrogens (primary N) is 1. The Morgan fingerprint density at radius 2 is 1.75 bits per heavy atom. The quantitative estimate of drug-likeness (QED) is 0.822. The zero-order chi connectivity index (χ0) is 11.4. The van der Waals surface area contributed by atoms with Crippen LogP contribution in [0.2, 0.25) is 0 Å². The predicted molar refractivity (Wildman–Crippen MR) is 68.0 cm³/mol. The molecule has 2 N–H and O–H groups in total. The minimum Gasteiger partial charge on any atom is -0.497 e. The molecule has 2 rings (SSSR count). The molecule has 0 amide bonds. The van der Waals surface area contributed by atoms with Crippen molar-refractivity contribution in [3.8, 4) is 5.75 Å². The summed E-state index contributed by atoms with van der Waals surface area (Å²) in [5, 5.41) is 0. The Kier molecular flexibility index (Phi) is 3.37. The summed E-state index contributed by atoms with van der Waals surface area (Å²) in [6.45, 7) is 0. The van der Waals surface area contributed by atoms with E-state index in [1.165, 1.54) is 4.90 Å². The molecule has 82 valence electrons. The van der Waals surface area contributed by atoms with Gasteiger partial charge in [-0.15, -0.1) is 0 Å². The van der Waals surface area contributed by atoms with Gasteiger partial charge in [0.2, 0.25) is 0 Å². The fourth-order valence-electron chi connectivity index (χ4n) is 1.40. The Morgan fingerprint density at radius 1 is 1.00 bits per heavy atom. The minimum atomic E-state index is 0.720. The van der Waals surface area contributed by atoms with E-state index in [9.17, 15) is 0 Å². The smallest absolute Gasteiger partial charge is 0.122 e. The third kappa shape index (κ3) is 2.70. The first kappa shape index (κ1) is 10.9. The normalized spacial score (nSPS) is 10.1. The maximum Gasteiger partial charge on any atom is 0.122 e. The molecule has 0 unspecified atom stereocenters. The fourth-order valence-corrected chi connectivity index (χ4v) is 2.33. The van der Waals surface area contributed by atoms with Gasteiger partial charge in [-0.3, -0.25) is 0 Å². The lowest BCUT2D eigenvalue weighted by molar-refractivity contribution is 0.414. The van der Waals surface area contributed by atoms with Crippen molar-refractivity contribution in [3.05, 3.63) is 48.5 Å². The third-order valence-corrected chi connectivity index (χ3v) is 3.10. The van der Waals surface area contributed by atoms with Gasteiger partial charge in [-0.05, 0) is 24.3 Å². The standard InChI is InChI=1S/C13H13NOS/c1-15-11-7-10(14)8-13(9-11)16-12-5-3-2-4-6-12/h2-9H,14H2,1H3. The first-order valence-electron chi connectivity index (χ1n) is 4.95. The topological polar surface area (TPSA) is 35.2 Å². The van der Waals surface area contributed by atoms with Crippen molar-refractivity contribution in [2.24, 2.45) is 0 Å². The van der Waals surface area contributed by atoms with Crippen LogP contribution in [0.4, 0.5) is 5.69 Å². The van der Waals surface area contributed by atoms with Crippen LogP contribution in [-0.2, 0) is 0 Å². The van der Waals surface area contributed by atoms with Gasteiger partial charge in [-0.1, -0.05) is 30.0 Å². The highest BCUT2D eigenvalue weighted by molar-refractivity contribution is 7.99. The number of hydrogen-bond acceptors (Lipinski definition) is 3. The van der Waals surface area contributed by atoms with Crippen molar-refractivity contribution in [2.75, 3.05) is 12.8 Å². The Morgan fingerprint density at radius 3 is 2.44 bits per heavy atom. The number of nitrogen functional groups attached to an aromatic ring is 1. The fraction of sp³-hybridized carbons (Fsp3) is 0.0769. The second-order valence-corrected chi connectivity index (χ2v) is 4.50. The summed E-state index contributed by atoms with van der Waals surface area (Å²) in [4.78, 5) is 2.28. The highest BCUT2D eigenvalue weighted by atomic mass is 32.2. The van der Waals surface area contributed by atoms with Crippen molar-refractivity contribution in [1.29, 1.82) is 0 Å². The highest BCUT2D eigenvalue weighted by Gasteiger charge is 2.01. The van der Waals surface area contributed by atoms with Crippen LogP contribution in [0.3, 0.4) is 0 Å². The maximum atomic E-state index is 5.80. The van der Waals surface area contributed by atoms with Gasteiger partial charge in [0.15, 0.2) is 0 Å². The lowest BCUT2D eigenvalue weighted by atomic mass is 10.3. The van der Waals surface area contributed by atoms with Gasteiger partial charge < -0.3 is 10.5 Å². The second-order valence-electron chi connectivity index (χ2n) is 3.36. The Bertz CT molecular complexity index is 471. The van der Waals surface area contributed by atoms with Gasteiger partial charge in [0.25, 0.3) is 0 Å². The number of anilines is 1. The summed E-state index contributed by atoms with van der Waals surface area (Å²) in [7, 11) is 1.64. The summed E-state index contributed by atoms with van der Waals surface area (Å²) < 4.78 is 5.18. The summed E-state index contributed by atoms with van der Waals surface area (Å²) in [5.74, 6) is 0.790. The van der Waals surface area contributed by atoms with Crippen LogP contribution in [0.15, 0.2) is 58.3 Å². The average Bonchev–Trinajstić information content (AvgIpc) is 2.29. The van der Waals surface area contributed by atoms with Crippen molar-refractivity contribution in [1.82, 2.24) is 0 Å². The molecule has 0 radical (unpaired) electrons. The van der Waals surface area contributed by atoms with Crippen LogP contribution >= 0.6 is 11.8 Å². The van der Waals surface area contributed by atoms with Crippen LogP contribution < -0.4 is 10.5 Å². The van der Waals surface area contributed by atoms with Gasteiger partial charge in [-0.25, -0.2) is 0 Å². The third-order valence-electron chi connectivity index (χ3n) is 2.12. The molecule has 0 aromatic heterocycles. The lowest BCUT2D eigenvalue weighted by Gasteiger charge is -2.06. The molecule has 16 heavy (non-hydrogen) atoms. The second kappa shape index (κ2) is 4.94. The molecule has 0 atom stereocenters. The molecule has 2 aromatic rings. The molecule has 0 saturated heterocycles. The molecule has 0 bridgehead atoms. The number of ether oxygens (including phenoxy) is 1. The van der Waals surface area contributed by atoms with E-state index < -0.39 is 0 Å². The summed E-state index contributed by atoms with van der Waals surface area (Å²) in [5.41, 5.74) is 6.52. The molecule has 0 aliphatic heterocycles. The molecule has 0 heterocycles. The van der Waals surface area contributed by atoms with E-state index in [-0.39, 0.29) is 0 Å². The lowest BCUT2D eigenvalue weighted by Crippen LogP contribution is -1.88. The predicted octanol–water partition coefficient (Wildman–Crippen LogP) is 3.43. The Labute approximate surface area is 99.4 Å². The van der Waals surface area contributed by atoms with Gasteiger partial charge in [0, 0.05) is 21.5 Å². The van der Waals surface area contributed by atoms with E-state index in [0.29, 0.717) is 0 Å². The Balaban J connectivity index is 2.24. The van der Waals surface area contributed by atoms with Crippen LogP contribution in [0.5, 0.6) is 5.75 Å². The van der Waals surface area contributed by atoms with Crippen LogP contribution in [0.25, 0.3) is 0 Å². The molecule has 2 nitrogen and oxygen atoms in total. The first-order valence-corrected chi connectivity index (χ1v) is 5.77. The summed E-state index contributed by atoms with van der Waals surface area (Å²) >= 11 is 1.67. The molecular formula is C13H13NOS. The number of hydrogen-bond donors (Lipinski definition) is 1. The number of methoxy groups -OCH3 is 1. The van der Waals surface area contributed by atoms with Crippen molar-refractivity contribution in [3.63, 3.8) is 0 Å². The van der Waals surface area contributed by atoms with Gasteiger partial charge in [0.05, 0.1) is 7.11 Å². The number of benzene rings is 2. The molecular weight excluding hydrogens is 218 g/mol. The molecule has 0 saturated carbocycles. The van der Waals surface area contributed by atoms with E-state index in [2.05, 4.69) is 12.1 Å². The Hall–Kier alpha value is -1.61. The summed E-state index contributed by atoms with van der Waals surface area (Å²) in [6, 6.07) is 15.9. The number of rotatable bonds is 3. The summed E-state index contributed by atoms with van der Waals surface area (Å²) in [6.07, 6.45) is 0. The zero-order valence-corrected chi connectivity index (χ0v) is 9.83. The van der Waals surface area contributed by atoms with E-state index >= 15 is 0 Å². The monoisotopic (exact) mass is 231 g/mol. The van der Waals surface area contributed by atoms with Crippen molar-refractivity contribution in [2.45, 2.75) is 9.79 Å². The largest absolute Gasteiger partial charge is 0.497 e. The van der Waals surface area contributed by atoms with Gasteiger partial charge in [-0.2, -0.15) is 0 Å². The van der Waals surface area contributed by atoms with Crippen molar-refractivity contribution >= 4 is 17.4 Å². The van der Waals surface area contributed by atoms with E-state index in [1.54, 1.807) is 18.9 Å². The zero-order valence-electron chi connectivity index (χ0n) is 9.01. The average molecular weight is 231 g/mol. The van der Waals surface area contributed by atoms with Gasteiger partial charge in [0.1, 0.15) is 5.75 Å². The molecule has 0 aliphatic rings.